The first-order valence-corrected chi connectivity index (χ1v) is 9.50. The van der Waals surface area contributed by atoms with E-state index in [0.717, 1.165) is 42.6 Å². The van der Waals surface area contributed by atoms with Crippen molar-refractivity contribution in [2.75, 3.05) is 26.2 Å². The van der Waals surface area contributed by atoms with Gasteiger partial charge in [0.05, 0.1) is 6.54 Å². The van der Waals surface area contributed by atoms with Gasteiger partial charge in [-0.25, -0.2) is 4.99 Å². The zero-order valence-electron chi connectivity index (χ0n) is 15.6. The Bertz CT molecular complexity index is 579. The Morgan fingerprint density at radius 1 is 1.31 bits per heavy atom. The molecule has 1 heterocycles. The summed E-state index contributed by atoms with van der Waals surface area (Å²) in [4.78, 5) is 18.9. The number of rotatable bonds is 6. The van der Waals surface area contributed by atoms with Crippen LogP contribution in [0.3, 0.4) is 0 Å². The third kappa shape index (κ3) is 8.12. The summed E-state index contributed by atoms with van der Waals surface area (Å²) >= 11 is 5.90. The van der Waals surface area contributed by atoms with Gasteiger partial charge in [0.1, 0.15) is 0 Å². The minimum absolute atomic E-state index is 0. The van der Waals surface area contributed by atoms with E-state index in [9.17, 15) is 4.79 Å². The zero-order chi connectivity index (χ0) is 18.1. The van der Waals surface area contributed by atoms with Crippen LogP contribution in [0.1, 0.15) is 38.7 Å². The minimum atomic E-state index is 0. The van der Waals surface area contributed by atoms with Crippen molar-refractivity contribution >= 4 is 47.4 Å². The summed E-state index contributed by atoms with van der Waals surface area (Å²) in [5.41, 5.74) is 1.10. The number of carbonyl (C=O) groups excluding carboxylic acids is 1. The van der Waals surface area contributed by atoms with Crippen LogP contribution in [-0.4, -0.2) is 42.9 Å². The molecule has 0 saturated carbocycles. The largest absolute Gasteiger partial charge is 0.357 e. The van der Waals surface area contributed by atoms with Crippen LogP contribution < -0.4 is 10.6 Å². The molecule has 1 aromatic rings. The number of hydrogen-bond acceptors (Lipinski definition) is 2. The molecule has 2 N–H and O–H groups in total. The quantitative estimate of drug-likeness (QED) is 0.362. The van der Waals surface area contributed by atoms with Crippen LogP contribution >= 0.6 is 35.6 Å². The molecule has 0 aromatic heterocycles. The Kier molecular flexibility index (Phi) is 11.0. The van der Waals surface area contributed by atoms with Crippen LogP contribution in [0.4, 0.5) is 0 Å². The fourth-order valence-corrected chi connectivity index (χ4v) is 3.09. The van der Waals surface area contributed by atoms with Crippen molar-refractivity contribution in [3.8, 4) is 0 Å². The summed E-state index contributed by atoms with van der Waals surface area (Å²) < 4.78 is 0. The van der Waals surface area contributed by atoms with Gasteiger partial charge in [0.25, 0.3) is 0 Å². The molecule has 26 heavy (non-hydrogen) atoms. The van der Waals surface area contributed by atoms with Crippen molar-refractivity contribution in [3.05, 3.63) is 34.9 Å². The molecule has 1 atom stereocenters. The van der Waals surface area contributed by atoms with E-state index in [0.29, 0.717) is 25.4 Å². The molecule has 1 unspecified atom stereocenters. The SMILES string of the molecule is CCNC(=NCc1ccc(Cl)cc1)NCCC(=O)N1CCCC(C)C1.I. The van der Waals surface area contributed by atoms with Gasteiger partial charge in [-0.05, 0) is 43.4 Å². The zero-order valence-corrected chi connectivity index (χ0v) is 18.7. The third-order valence-electron chi connectivity index (χ3n) is 4.32. The Balaban J connectivity index is 0.00000338. The van der Waals surface area contributed by atoms with Crippen LogP contribution in [0.2, 0.25) is 5.02 Å². The Morgan fingerprint density at radius 3 is 2.69 bits per heavy atom. The lowest BCUT2D eigenvalue weighted by Gasteiger charge is -2.31. The fraction of sp³-hybridized carbons (Fsp3) is 0.579. The predicted octanol–water partition coefficient (Wildman–Crippen LogP) is 3.66. The number of amides is 1. The van der Waals surface area contributed by atoms with E-state index < -0.39 is 0 Å². The Morgan fingerprint density at radius 2 is 2.04 bits per heavy atom. The van der Waals surface area contributed by atoms with Gasteiger partial charge in [0, 0.05) is 37.6 Å². The van der Waals surface area contributed by atoms with Gasteiger partial charge in [-0.1, -0.05) is 30.7 Å². The van der Waals surface area contributed by atoms with E-state index in [1.807, 2.05) is 36.1 Å². The highest BCUT2D eigenvalue weighted by Crippen LogP contribution is 2.16. The highest BCUT2D eigenvalue weighted by molar-refractivity contribution is 14.0. The van der Waals surface area contributed by atoms with Gasteiger partial charge in [0.2, 0.25) is 5.91 Å². The smallest absolute Gasteiger partial charge is 0.224 e. The molecule has 1 amide bonds. The monoisotopic (exact) mass is 492 g/mol. The second-order valence-electron chi connectivity index (χ2n) is 6.59. The molecular weight excluding hydrogens is 463 g/mol. The number of carbonyl (C=O) groups is 1. The molecule has 1 aliphatic heterocycles. The molecule has 0 bridgehead atoms. The summed E-state index contributed by atoms with van der Waals surface area (Å²) in [6, 6.07) is 7.67. The molecule has 7 heteroatoms. The molecule has 0 aliphatic carbocycles. The maximum Gasteiger partial charge on any atom is 0.224 e. The van der Waals surface area contributed by atoms with Crippen molar-refractivity contribution in [2.24, 2.45) is 10.9 Å². The van der Waals surface area contributed by atoms with Gasteiger partial charge < -0.3 is 15.5 Å². The summed E-state index contributed by atoms with van der Waals surface area (Å²) in [6.07, 6.45) is 2.84. The van der Waals surface area contributed by atoms with Gasteiger partial charge in [-0.3, -0.25) is 4.79 Å². The standard InChI is InChI=1S/C19H29ClN4O.HI/c1-3-21-19(23-13-16-6-8-17(20)9-7-16)22-11-10-18(25)24-12-4-5-15(2)14-24;/h6-9,15H,3-5,10-14H2,1-2H3,(H2,21,22,23);1H. The number of aliphatic imine (C=N–C) groups is 1. The number of guanidine groups is 1. The fourth-order valence-electron chi connectivity index (χ4n) is 2.96. The van der Waals surface area contributed by atoms with E-state index in [-0.39, 0.29) is 29.9 Å². The molecule has 1 aliphatic rings. The topological polar surface area (TPSA) is 56.7 Å². The second kappa shape index (κ2) is 12.4. The number of likely N-dealkylation sites (tertiary alicyclic amines) is 1. The van der Waals surface area contributed by atoms with Gasteiger partial charge in [-0.2, -0.15) is 0 Å². The Hall–Kier alpha value is -1.02. The summed E-state index contributed by atoms with van der Waals surface area (Å²) in [7, 11) is 0. The highest BCUT2D eigenvalue weighted by Gasteiger charge is 2.20. The molecule has 0 spiro atoms. The average Bonchev–Trinajstić information content (AvgIpc) is 2.61. The maximum absolute atomic E-state index is 12.3. The van der Waals surface area contributed by atoms with E-state index in [1.165, 1.54) is 6.42 Å². The van der Waals surface area contributed by atoms with Crippen molar-refractivity contribution < 1.29 is 4.79 Å². The van der Waals surface area contributed by atoms with E-state index in [4.69, 9.17) is 11.6 Å². The molecule has 146 valence electrons. The third-order valence-corrected chi connectivity index (χ3v) is 4.57. The normalized spacial score (nSPS) is 17.4. The molecule has 5 nitrogen and oxygen atoms in total. The van der Waals surface area contributed by atoms with E-state index in [2.05, 4.69) is 22.5 Å². The first-order valence-electron chi connectivity index (χ1n) is 9.13. The molecule has 0 radical (unpaired) electrons. The second-order valence-corrected chi connectivity index (χ2v) is 7.02. The summed E-state index contributed by atoms with van der Waals surface area (Å²) in [6.45, 7) is 7.98. The van der Waals surface area contributed by atoms with Gasteiger partial charge in [-0.15, -0.1) is 24.0 Å². The van der Waals surface area contributed by atoms with Crippen LogP contribution in [0, 0.1) is 5.92 Å². The van der Waals surface area contributed by atoms with Crippen molar-refractivity contribution in [1.82, 2.24) is 15.5 Å². The van der Waals surface area contributed by atoms with Gasteiger partial charge >= 0.3 is 0 Å². The van der Waals surface area contributed by atoms with Crippen molar-refractivity contribution in [1.29, 1.82) is 0 Å². The number of hydrogen-bond donors (Lipinski definition) is 2. The number of benzene rings is 1. The molecule has 1 aromatic carbocycles. The maximum atomic E-state index is 12.3. The summed E-state index contributed by atoms with van der Waals surface area (Å²) in [5.74, 6) is 1.58. The predicted molar refractivity (Wildman–Crippen MR) is 119 cm³/mol. The molecule has 1 saturated heterocycles. The van der Waals surface area contributed by atoms with Crippen LogP contribution in [-0.2, 0) is 11.3 Å². The Labute approximate surface area is 179 Å². The molecular formula is C19H30ClIN4O. The average molecular weight is 493 g/mol. The van der Waals surface area contributed by atoms with Crippen LogP contribution in [0.15, 0.2) is 29.3 Å². The van der Waals surface area contributed by atoms with Crippen molar-refractivity contribution in [2.45, 2.75) is 39.7 Å². The first-order chi connectivity index (χ1) is 12.1. The van der Waals surface area contributed by atoms with Crippen LogP contribution in [0.25, 0.3) is 0 Å². The first kappa shape index (κ1) is 23.0. The van der Waals surface area contributed by atoms with Gasteiger partial charge in [0.15, 0.2) is 5.96 Å². The lowest BCUT2D eigenvalue weighted by molar-refractivity contribution is -0.132. The number of halogens is 2. The van der Waals surface area contributed by atoms with E-state index >= 15 is 0 Å². The molecule has 1 fully saturated rings. The van der Waals surface area contributed by atoms with E-state index in [1.54, 1.807) is 0 Å². The minimum Gasteiger partial charge on any atom is -0.357 e. The van der Waals surface area contributed by atoms with Crippen LogP contribution in [0.5, 0.6) is 0 Å². The highest BCUT2D eigenvalue weighted by atomic mass is 127. The lowest BCUT2D eigenvalue weighted by Crippen LogP contribution is -2.42. The number of nitrogens with zero attached hydrogens (tertiary/aromatic N) is 2. The van der Waals surface area contributed by atoms with Crippen molar-refractivity contribution in [3.63, 3.8) is 0 Å². The number of nitrogens with one attached hydrogen (secondary N) is 2. The summed E-state index contributed by atoms with van der Waals surface area (Å²) in [5, 5.41) is 7.19. The number of piperidine rings is 1. The molecule has 2 rings (SSSR count). The lowest BCUT2D eigenvalue weighted by atomic mass is 10.00.